The molecule has 19 heavy (non-hydrogen) atoms. The molecular weight excluding hydrogens is 234 g/mol. The van der Waals surface area contributed by atoms with E-state index < -0.39 is 0 Å². The van der Waals surface area contributed by atoms with Crippen LogP contribution in [0.5, 0.6) is 0 Å². The smallest absolute Gasteiger partial charge is 0.131 e. The van der Waals surface area contributed by atoms with E-state index in [4.69, 9.17) is 10.7 Å². The maximum Gasteiger partial charge on any atom is 0.131 e. The number of nitrogen functional groups attached to an aromatic ring is 1. The molecule has 100 valence electrons. The Bertz CT molecular complexity index is 551. The molecule has 2 aromatic rings. The first-order valence-electron chi connectivity index (χ1n) is 7.22. The molecule has 0 bridgehead atoms. The summed E-state index contributed by atoms with van der Waals surface area (Å²) in [6.07, 6.45) is 5.15. The van der Waals surface area contributed by atoms with Gasteiger partial charge in [0, 0.05) is 18.0 Å². The first kappa shape index (κ1) is 12.3. The average molecular weight is 255 g/mol. The Morgan fingerprint density at radius 3 is 2.53 bits per heavy atom. The molecule has 1 aliphatic carbocycles. The molecule has 3 rings (SSSR count). The number of hydrogen-bond donors (Lipinski definition) is 1. The van der Waals surface area contributed by atoms with Gasteiger partial charge in [-0.2, -0.15) is 0 Å². The van der Waals surface area contributed by atoms with Crippen molar-refractivity contribution in [1.82, 2.24) is 9.55 Å². The minimum absolute atomic E-state index is 0.597. The third-order valence-corrected chi connectivity index (χ3v) is 4.12. The van der Waals surface area contributed by atoms with Crippen LogP contribution in [-0.4, -0.2) is 9.55 Å². The Kier molecular flexibility index (Phi) is 3.28. The predicted molar refractivity (Wildman–Crippen MR) is 79.0 cm³/mol. The van der Waals surface area contributed by atoms with Crippen molar-refractivity contribution in [2.45, 2.75) is 45.1 Å². The summed E-state index contributed by atoms with van der Waals surface area (Å²) in [5, 5.41) is 0. The molecule has 1 fully saturated rings. The second kappa shape index (κ2) is 5.08. The second-order valence-corrected chi connectivity index (χ2v) is 5.30. The molecular formula is C16H21N3. The van der Waals surface area contributed by atoms with Crippen molar-refractivity contribution >= 4 is 5.82 Å². The second-order valence-electron chi connectivity index (χ2n) is 5.30. The monoisotopic (exact) mass is 255 g/mol. The van der Waals surface area contributed by atoms with Crippen molar-refractivity contribution < 1.29 is 0 Å². The van der Waals surface area contributed by atoms with Gasteiger partial charge in [0.25, 0.3) is 0 Å². The van der Waals surface area contributed by atoms with Crippen molar-refractivity contribution in [3.05, 3.63) is 36.2 Å². The Balaban J connectivity index is 2.07. The van der Waals surface area contributed by atoms with Crippen molar-refractivity contribution in [1.29, 1.82) is 0 Å². The van der Waals surface area contributed by atoms with E-state index in [0.717, 1.165) is 23.6 Å². The van der Waals surface area contributed by atoms with Gasteiger partial charge >= 0.3 is 0 Å². The molecule has 0 unspecified atom stereocenters. The molecule has 1 saturated carbocycles. The summed E-state index contributed by atoms with van der Waals surface area (Å²) in [6, 6.07) is 10.3. The van der Waals surface area contributed by atoms with Crippen LogP contribution in [0.2, 0.25) is 0 Å². The summed E-state index contributed by atoms with van der Waals surface area (Å²) in [7, 11) is 0. The van der Waals surface area contributed by atoms with E-state index in [1.165, 1.54) is 31.5 Å². The Hall–Kier alpha value is -1.77. The number of imidazole rings is 1. The molecule has 0 amide bonds. The topological polar surface area (TPSA) is 43.8 Å². The van der Waals surface area contributed by atoms with E-state index in [1.807, 2.05) is 18.2 Å². The number of nitrogens with two attached hydrogens (primary N) is 1. The van der Waals surface area contributed by atoms with Gasteiger partial charge in [-0.05, 0) is 19.8 Å². The SMILES string of the molecule is CCn1c(C2CCCC2)nc(-c2ccccc2)c1N. The highest BCUT2D eigenvalue weighted by Gasteiger charge is 2.25. The highest BCUT2D eigenvalue weighted by atomic mass is 15.1. The molecule has 0 aliphatic heterocycles. The molecule has 0 radical (unpaired) electrons. The maximum atomic E-state index is 6.31. The van der Waals surface area contributed by atoms with Crippen LogP contribution in [0.25, 0.3) is 11.3 Å². The first-order valence-corrected chi connectivity index (χ1v) is 7.22. The molecule has 1 aromatic carbocycles. The highest BCUT2D eigenvalue weighted by Crippen LogP contribution is 2.37. The summed E-state index contributed by atoms with van der Waals surface area (Å²) in [4.78, 5) is 4.87. The fraction of sp³-hybridized carbons (Fsp3) is 0.438. The van der Waals surface area contributed by atoms with E-state index in [9.17, 15) is 0 Å². The third kappa shape index (κ3) is 2.14. The maximum absolute atomic E-state index is 6.31. The van der Waals surface area contributed by atoms with E-state index >= 15 is 0 Å². The first-order chi connectivity index (χ1) is 9.31. The van der Waals surface area contributed by atoms with Gasteiger partial charge in [-0.1, -0.05) is 43.2 Å². The lowest BCUT2D eigenvalue weighted by molar-refractivity contribution is 0.604. The quantitative estimate of drug-likeness (QED) is 0.906. The van der Waals surface area contributed by atoms with Gasteiger partial charge in [0.15, 0.2) is 0 Å². The van der Waals surface area contributed by atoms with E-state index in [1.54, 1.807) is 0 Å². The minimum atomic E-state index is 0.597. The minimum Gasteiger partial charge on any atom is -0.383 e. The predicted octanol–water partition coefficient (Wildman–Crippen LogP) is 3.81. The van der Waals surface area contributed by atoms with Crippen molar-refractivity contribution in [3.63, 3.8) is 0 Å². The molecule has 1 heterocycles. The van der Waals surface area contributed by atoms with Crippen molar-refractivity contribution in [2.24, 2.45) is 0 Å². The van der Waals surface area contributed by atoms with Crippen LogP contribution in [0.15, 0.2) is 30.3 Å². The van der Waals surface area contributed by atoms with Gasteiger partial charge < -0.3 is 10.3 Å². The lowest BCUT2D eigenvalue weighted by atomic mass is 10.1. The summed E-state index contributed by atoms with van der Waals surface area (Å²) in [5.41, 5.74) is 8.38. The Labute approximate surface area is 114 Å². The zero-order valence-electron chi connectivity index (χ0n) is 11.5. The lowest BCUT2D eigenvalue weighted by Crippen LogP contribution is -2.08. The molecule has 0 spiro atoms. The molecule has 3 nitrogen and oxygen atoms in total. The van der Waals surface area contributed by atoms with Crippen LogP contribution in [0.1, 0.15) is 44.3 Å². The molecule has 1 aromatic heterocycles. The van der Waals surface area contributed by atoms with Crippen molar-refractivity contribution in [3.8, 4) is 11.3 Å². The number of rotatable bonds is 3. The van der Waals surface area contributed by atoms with Crippen molar-refractivity contribution in [2.75, 3.05) is 5.73 Å². The fourth-order valence-electron chi connectivity index (χ4n) is 3.12. The van der Waals surface area contributed by atoms with E-state index in [-0.39, 0.29) is 0 Å². The number of anilines is 1. The highest BCUT2D eigenvalue weighted by molar-refractivity contribution is 5.71. The summed E-state index contributed by atoms with van der Waals surface area (Å²) >= 11 is 0. The third-order valence-electron chi connectivity index (χ3n) is 4.12. The van der Waals surface area contributed by atoms with Gasteiger partial charge in [-0.15, -0.1) is 0 Å². The fourth-order valence-corrected chi connectivity index (χ4v) is 3.12. The molecule has 2 N–H and O–H groups in total. The zero-order chi connectivity index (χ0) is 13.2. The van der Waals surface area contributed by atoms with Gasteiger partial charge in [0.05, 0.1) is 0 Å². The Morgan fingerprint density at radius 2 is 1.89 bits per heavy atom. The van der Waals surface area contributed by atoms with E-state index in [2.05, 4.69) is 23.6 Å². The molecule has 0 atom stereocenters. The van der Waals surface area contributed by atoms with Gasteiger partial charge in [-0.3, -0.25) is 0 Å². The summed E-state index contributed by atoms with van der Waals surface area (Å²) < 4.78 is 2.19. The zero-order valence-corrected chi connectivity index (χ0v) is 11.5. The van der Waals surface area contributed by atoms with Gasteiger partial charge in [-0.25, -0.2) is 4.98 Å². The van der Waals surface area contributed by atoms with Gasteiger partial charge in [0.1, 0.15) is 17.3 Å². The van der Waals surface area contributed by atoms with E-state index in [0.29, 0.717) is 5.92 Å². The van der Waals surface area contributed by atoms with Crippen LogP contribution in [0.4, 0.5) is 5.82 Å². The van der Waals surface area contributed by atoms with Crippen LogP contribution in [-0.2, 0) is 6.54 Å². The number of aromatic nitrogens is 2. The lowest BCUT2D eigenvalue weighted by Gasteiger charge is -2.11. The molecule has 3 heteroatoms. The Morgan fingerprint density at radius 1 is 1.21 bits per heavy atom. The van der Waals surface area contributed by atoms with Crippen LogP contribution < -0.4 is 5.73 Å². The molecule has 1 aliphatic rings. The standard InChI is InChI=1S/C16H21N3/c1-2-19-15(17)14(12-8-4-3-5-9-12)18-16(19)13-10-6-7-11-13/h3-5,8-9,13H,2,6-7,10-11,17H2,1H3. The summed E-state index contributed by atoms with van der Waals surface area (Å²) in [6.45, 7) is 3.04. The summed E-state index contributed by atoms with van der Waals surface area (Å²) in [5.74, 6) is 2.60. The average Bonchev–Trinajstić information content (AvgIpc) is 3.07. The van der Waals surface area contributed by atoms with Crippen LogP contribution in [0.3, 0.4) is 0 Å². The molecule has 0 saturated heterocycles. The van der Waals surface area contributed by atoms with Crippen LogP contribution >= 0.6 is 0 Å². The number of benzene rings is 1. The van der Waals surface area contributed by atoms with Gasteiger partial charge in [0.2, 0.25) is 0 Å². The number of nitrogens with zero attached hydrogens (tertiary/aromatic N) is 2. The number of hydrogen-bond acceptors (Lipinski definition) is 2. The normalized spacial score (nSPS) is 16.1. The largest absolute Gasteiger partial charge is 0.383 e. The van der Waals surface area contributed by atoms with Crippen LogP contribution in [0, 0.1) is 0 Å².